The predicted octanol–water partition coefficient (Wildman–Crippen LogP) is 1.39. The second-order valence-corrected chi connectivity index (χ2v) is 12.2. The van der Waals surface area contributed by atoms with Crippen molar-refractivity contribution in [1.82, 2.24) is 4.72 Å². The fourth-order valence-electron chi connectivity index (χ4n) is 2.26. The van der Waals surface area contributed by atoms with Crippen LogP contribution >= 0.6 is 0 Å². The molecule has 0 saturated carbocycles. The van der Waals surface area contributed by atoms with E-state index in [2.05, 4.69) is 4.72 Å². The quantitative estimate of drug-likeness (QED) is 0.563. The van der Waals surface area contributed by atoms with Crippen LogP contribution in [0.1, 0.15) is 19.4 Å². The van der Waals surface area contributed by atoms with Crippen LogP contribution < -0.4 is 14.3 Å². The minimum atomic E-state index is -3.71. The van der Waals surface area contributed by atoms with Crippen LogP contribution in [0.15, 0.2) is 58.3 Å². The Morgan fingerprint density at radius 3 is 1.93 bits per heavy atom. The maximum absolute atomic E-state index is 12.6. The fourth-order valence-corrected chi connectivity index (χ4v) is 6.85. The number of hydrogen-bond acceptors (Lipinski definition) is 4. The molecule has 6 nitrogen and oxygen atoms in total. The number of primary sulfonamides is 1. The Morgan fingerprint density at radius 1 is 0.926 bits per heavy atom. The number of aryl methyl sites for hydroxylation is 1. The molecule has 148 valence electrons. The summed E-state index contributed by atoms with van der Waals surface area (Å²) >= 11 is -0.0123. The van der Waals surface area contributed by atoms with Gasteiger partial charge in [-0.05, 0) is 0 Å². The van der Waals surface area contributed by atoms with Crippen molar-refractivity contribution in [3.63, 3.8) is 0 Å². The summed E-state index contributed by atoms with van der Waals surface area (Å²) in [5, 5.41) is 5.76. The average molecular weight is 475 g/mol. The first-order valence-electron chi connectivity index (χ1n) is 8.34. The van der Waals surface area contributed by atoms with E-state index in [1.807, 2.05) is 20.8 Å². The van der Waals surface area contributed by atoms with E-state index in [1.165, 1.54) is 12.1 Å². The molecule has 3 N–H and O–H groups in total. The van der Waals surface area contributed by atoms with Crippen LogP contribution in [0.5, 0.6) is 0 Å². The van der Waals surface area contributed by atoms with Crippen molar-refractivity contribution in [3.05, 3.63) is 54.1 Å². The average Bonchev–Trinajstić information content (AvgIpc) is 2.58. The predicted molar refractivity (Wildman–Crippen MR) is 108 cm³/mol. The minimum absolute atomic E-state index is 0.0123. The Morgan fingerprint density at radius 2 is 1.44 bits per heavy atom. The molecule has 2 aromatic rings. The molecule has 1 atom stereocenters. The van der Waals surface area contributed by atoms with Gasteiger partial charge in [0.1, 0.15) is 0 Å². The van der Waals surface area contributed by atoms with Gasteiger partial charge in [-0.3, -0.25) is 0 Å². The summed E-state index contributed by atoms with van der Waals surface area (Å²) in [6.07, 6.45) is 0. The van der Waals surface area contributed by atoms with Crippen LogP contribution in [-0.2, 0) is 20.0 Å². The van der Waals surface area contributed by atoms with Crippen LogP contribution in [0, 0.1) is 12.8 Å². The molecule has 0 fully saturated rings. The van der Waals surface area contributed by atoms with E-state index in [9.17, 15) is 16.8 Å². The Labute approximate surface area is 167 Å². The first kappa shape index (κ1) is 22.1. The third-order valence-electron chi connectivity index (χ3n) is 4.02. The Bertz CT molecular complexity index is 971. The molecule has 0 radical (unpaired) electrons. The van der Waals surface area contributed by atoms with Crippen LogP contribution in [-0.4, -0.2) is 37.8 Å². The van der Waals surface area contributed by atoms with Gasteiger partial charge in [0.2, 0.25) is 0 Å². The Balaban J connectivity index is 2.08. The number of benzene rings is 2. The summed E-state index contributed by atoms with van der Waals surface area (Å²) in [4.78, 5) is 0.325. The third-order valence-corrected chi connectivity index (χ3v) is 8.83. The molecule has 9 heteroatoms. The third kappa shape index (κ3) is 6.41. The molecule has 0 saturated heterocycles. The summed E-state index contributed by atoms with van der Waals surface area (Å²) in [6, 6.07) is 13.0. The molecule has 0 unspecified atom stereocenters. The Hall–Kier alpha value is -1.22. The summed E-state index contributed by atoms with van der Waals surface area (Å²) in [5.41, 5.74) is 1.00. The fraction of sp³-hybridized carbons (Fsp3) is 0.333. The van der Waals surface area contributed by atoms with Crippen LogP contribution in [0.4, 0.5) is 0 Å². The zero-order valence-electron chi connectivity index (χ0n) is 15.4. The van der Waals surface area contributed by atoms with Gasteiger partial charge in [0, 0.05) is 0 Å². The van der Waals surface area contributed by atoms with E-state index < -0.39 is 20.0 Å². The van der Waals surface area contributed by atoms with Crippen molar-refractivity contribution in [1.29, 1.82) is 0 Å². The summed E-state index contributed by atoms with van der Waals surface area (Å²) in [5.74, 6) is 0.121. The normalized spacial score (nSPS) is 13.7. The van der Waals surface area contributed by atoms with Gasteiger partial charge in [-0.15, -0.1) is 0 Å². The van der Waals surface area contributed by atoms with Gasteiger partial charge in [0.25, 0.3) is 0 Å². The number of nitrogens with two attached hydrogens (primary N) is 1. The molecule has 0 aliphatic rings. The molecule has 0 bridgehead atoms. The van der Waals surface area contributed by atoms with Crippen molar-refractivity contribution in [3.8, 4) is 0 Å². The van der Waals surface area contributed by atoms with E-state index in [0.29, 0.717) is 5.32 Å². The van der Waals surface area contributed by atoms with Gasteiger partial charge in [0.05, 0.1) is 0 Å². The summed E-state index contributed by atoms with van der Waals surface area (Å²) in [6.45, 7) is 5.86. The first-order chi connectivity index (χ1) is 12.5. The summed E-state index contributed by atoms with van der Waals surface area (Å²) in [7, 11) is -7.29. The van der Waals surface area contributed by atoms with Gasteiger partial charge >= 0.3 is 168 Å². The molecule has 0 aromatic heterocycles. The van der Waals surface area contributed by atoms with Crippen molar-refractivity contribution < 1.29 is 16.8 Å². The summed E-state index contributed by atoms with van der Waals surface area (Å²) < 4.78 is 51.7. The topological polar surface area (TPSA) is 106 Å². The van der Waals surface area contributed by atoms with E-state index in [0.717, 1.165) is 10.0 Å². The molecule has 0 spiro atoms. The molecule has 0 aliphatic heterocycles. The van der Waals surface area contributed by atoms with Gasteiger partial charge in [-0.2, -0.15) is 0 Å². The standard InChI is InChI=1S/C18H24N2O4S2Se/c1-13(2)18(20-26(23,24)16-6-4-14(3)5-7-16)12-27-17-10-8-15(9-11-17)25(19,21)22/h4-11,13,18,20H,12H2,1-3H3,(H2,19,21,22)/t18-/m1/s1. The molecule has 27 heavy (non-hydrogen) atoms. The molecule has 2 rings (SSSR count). The van der Waals surface area contributed by atoms with Gasteiger partial charge in [0.15, 0.2) is 0 Å². The Kier molecular flexibility index (Phi) is 7.24. The number of sulfonamides is 2. The van der Waals surface area contributed by atoms with Crippen LogP contribution in [0.3, 0.4) is 0 Å². The van der Waals surface area contributed by atoms with E-state index in [4.69, 9.17) is 5.14 Å². The van der Waals surface area contributed by atoms with E-state index in [-0.39, 0.29) is 36.7 Å². The first-order valence-corrected chi connectivity index (χ1v) is 13.4. The van der Waals surface area contributed by atoms with Gasteiger partial charge in [-0.25, -0.2) is 0 Å². The van der Waals surface area contributed by atoms with Crippen LogP contribution in [0.2, 0.25) is 5.32 Å². The number of hydrogen-bond donors (Lipinski definition) is 2. The SMILES string of the molecule is Cc1ccc(S(=O)(=O)N[C@H](C[Se]c2ccc(S(N)(=O)=O)cc2)C(C)C)cc1. The van der Waals surface area contributed by atoms with Crippen molar-refractivity contribution in [2.24, 2.45) is 11.1 Å². The number of nitrogens with one attached hydrogen (secondary N) is 1. The second kappa shape index (κ2) is 8.85. The van der Waals surface area contributed by atoms with Gasteiger partial charge in [-0.1, -0.05) is 0 Å². The van der Waals surface area contributed by atoms with Crippen molar-refractivity contribution >= 4 is 39.5 Å². The second-order valence-electron chi connectivity index (χ2n) is 6.61. The molecule has 0 aliphatic carbocycles. The van der Waals surface area contributed by atoms with Crippen molar-refractivity contribution in [2.75, 3.05) is 0 Å². The van der Waals surface area contributed by atoms with E-state index >= 15 is 0 Å². The van der Waals surface area contributed by atoms with Crippen molar-refractivity contribution in [2.45, 2.75) is 41.9 Å². The molecular formula is C18H24N2O4S2Se. The van der Waals surface area contributed by atoms with Crippen LogP contribution in [0.25, 0.3) is 0 Å². The van der Waals surface area contributed by atoms with E-state index in [1.54, 1.807) is 36.4 Å². The number of rotatable bonds is 8. The maximum atomic E-state index is 12.6. The zero-order chi connectivity index (χ0) is 20.2. The molecule has 2 aromatic carbocycles. The molecular weight excluding hydrogens is 451 g/mol. The molecule has 0 heterocycles. The molecule has 0 amide bonds. The van der Waals surface area contributed by atoms with Gasteiger partial charge < -0.3 is 0 Å². The zero-order valence-corrected chi connectivity index (χ0v) is 18.8. The monoisotopic (exact) mass is 476 g/mol.